The standard InChI is InChI=1S/C8H6N2O3/c11-7-4-2-1-3-9-5(4)6(10-7)8(12)13/h1-3,10-11H,(H,12,13). The SMILES string of the molecule is O=C(O)c1[nH]c(O)c2cccnc12. The molecule has 5 heteroatoms. The van der Waals surface area contributed by atoms with Crippen LogP contribution in [0.1, 0.15) is 10.5 Å². The van der Waals surface area contributed by atoms with E-state index < -0.39 is 5.97 Å². The second-order valence-electron chi connectivity index (χ2n) is 2.55. The number of aromatic nitrogens is 2. The Morgan fingerprint density at radius 1 is 1.54 bits per heavy atom. The summed E-state index contributed by atoms with van der Waals surface area (Å²) >= 11 is 0. The van der Waals surface area contributed by atoms with E-state index in [9.17, 15) is 9.90 Å². The number of hydrogen-bond donors (Lipinski definition) is 3. The molecule has 0 fully saturated rings. The van der Waals surface area contributed by atoms with Gasteiger partial charge in [-0.15, -0.1) is 0 Å². The van der Waals surface area contributed by atoms with Crippen LogP contribution in [0.2, 0.25) is 0 Å². The van der Waals surface area contributed by atoms with E-state index in [4.69, 9.17) is 5.11 Å². The van der Waals surface area contributed by atoms with E-state index in [1.807, 2.05) is 0 Å². The lowest BCUT2D eigenvalue weighted by molar-refractivity contribution is 0.0692. The normalized spacial score (nSPS) is 10.5. The number of hydrogen-bond acceptors (Lipinski definition) is 3. The van der Waals surface area contributed by atoms with Gasteiger partial charge in [-0.3, -0.25) is 4.98 Å². The fourth-order valence-electron chi connectivity index (χ4n) is 1.20. The second kappa shape index (κ2) is 2.48. The van der Waals surface area contributed by atoms with Gasteiger partial charge in [-0.25, -0.2) is 4.79 Å². The average molecular weight is 178 g/mol. The van der Waals surface area contributed by atoms with E-state index in [2.05, 4.69) is 9.97 Å². The molecule has 0 atom stereocenters. The highest BCUT2D eigenvalue weighted by molar-refractivity contribution is 6.02. The lowest BCUT2D eigenvalue weighted by Gasteiger charge is -1.88. The molecule has 13 heavy (non-hydrogen) atoms. The lowest BCUT2D eigenvalue weighted by Crippen LogP contribution is -1.97. The summed E-state index contributed by atoms with van der Waals surface area (Å²) in [6.45, 7) is 0. The Labute approximate surface area is 72.7 Å². The number of pyridine rings is 1. The first-order chi connectivity index (χ1) is 6.20. The summed E-state index contributed by atoms with van der Waals surface area (Å²) in [7, 11) is 0. The molecule has 0 radical (unpaired) electrons. The number of nitrogens with one attached hydrogen (secondary N) is 1. The van der Waals surface area contributed by atoms with E-state index in [0.717, 1.165) is 0 Å². The van der Waals surface area contributed by atoms with Crippen molar-refractivity contribution in [1.82, 2.24) is 9.97 Å². The summed E-state index contributed by atoms with van der Waals surface area (Å²) in [6, 6.07) is 3.22. The number of carboxylic acids is 1. The van der Waals surface area contributed by atoms with Crippen LogP contribution in [-0.2, 0) is 0 Å². The molecule has 2 rings (SSSR count). The van der Waals surface area contributed by atoms with Gasteiger partial charge in [0.1, 0.15) is 5.52 Å². The van der Waals surface area contributed by atoms with Crippen molar-refractivity contribution < 1.29 is 15.0 Å². The molecular weight excluding hydrogens is 172 g/mol. The van der Waals surface area contributed by atoms with Crippen molar-refractivity contribution >= 4 is 16.9 Å². The fourth-order valence-corrected chi connectivity index (χ4v) is 1.20. The third-order valence-corrected chi connectivity index (χ3v) is 1.76. The first-order valence-electron chi connectivity index (χ1n) is 3.59. The van der Waals surface area contributed by atoms with Gasteiger partial charge >= 0.3 is 5.97 Å². The Kier molecular flexibility index (Phi) is 1.45. The summed E-state index contributed by atoms with van der Waals surface area (Å²) in [5.74, 6) is -1.30. The minimum Gasteiger partial charge on any atom is -0.494 e. The molecule has 0 aliphatic rings. The zero-order valence-electron chi connectivity index (χ0n) is 6.48. The number of aromatic carboxylic acids is 1. The van der Waals surface area contributed by atoms with Crippen molar-refractivity contribution in [2.24, 2.45) is 0 Å². The molecule has 2 heterocycles. The number of carbonyl (C=O) groups is 1. The van der Waals surface area contributed by atoms with E-state index in [1.165, 1.54) is 6.20 Å². The molecule has 0 spiro atoms. The Morgan fingerprint density at radius 3 is 3.00 bits per heavy atom. The van der Waals surface area contributed by atoms with Crippen molar-refractivity contribution in [2.75, 3.05) is 0 Å². The van der Waals surface area contributed by atoms with Crippen LogP contribution in [-0.4, -0.2) is 26.2 Å². The van der Waals surface area contributed by atoms with Crippen molar-refractivity contribution in [3.05, 3.63) is 24.0 Å². The maximum absolute atomic E-state index is 10.6. The van der Waals surface area contributed by atoms with E-state index in [0.29, 0.717) is 5.39 Å². The molecule has 3 N–H and O–H groups in total. The highest BCUT2D eigenvalue weighted by Gasteiger charge is 2.15. The van der Waals surface area contributed by atoms with E-state index in [1.54, 1.807) is 12.1 Å². The van der Waals surface area contributed by atoms with Gasteiger partial charge in [-0.05, 0) is 12.1 Å². The molecule has 66 valence electrons. The molecule has 0 saturated carbocycles. The minimum atomic E-state index is -1.14. The monoisotopic (exact) mass is 178 g/mol. The molecule has 0 bridgehead atoms. The van der Waals surface area contributed by atoms with Gasteiger partial charge in [0.05, 0.1) is 5.39 Å². The number of aromatic amines is 1. The molecule has 5 nitrogen and oxygen atoms in total. The summed E-state index contributed by atoms with van der Waals surface area (Å²) in [6.07, 6.45) is 1.47. The largest absolute Gasteiger partial charge is 0.494 e. The molecule has 0 aliphatic heterocycles. The van der Waals surface area contributed by atoms with Crippen molar-refractivity contribution in [3.63, 3.8) is 0 Å². The predicted octanol–water partition coefficient (Wildman–Crippen LogP) is 0.967. The van der Waals surface area contributed by atoms with Crippen LogP contribution >= 0.6 is 0 Å². The van der Waals surface area contributed by atoms with Crippen LogP contribution in [0, 0.1) is 0 Å². The molecule has 0 unspecified atom stereocenters. The van der Waals surface area contributed by atoms with Gasteiger partial charge < -0.3 is 15.2 Å². The van der Waals surface area contributed by atoms with Crippen LogP contribution in [0.3, 0.4) is 0 Å². The first kappa shape index (κ1) is 7.60. The van der Waals surface area contributed by atoms with E-state index in [-0.39, 0.29) is 17.1 Å². The van der Waals surface area contributed by atoms with Crippen LogP contribution in [0.5, 0.6) is 5.88 Å². The van der Waals surface area contributed by atoms with Gasteiger partial charge in [-0.1, -0.05) is 0 Å². The fraction of sp³-hybridized carbons (Fsp3) is 0. The van der Waals surface area contributed by atoms with Crippen LogP contribution in [0.4, 0.5) is 0 Å². The smallest absolute Gasteiger partial charge is 0.354 e. The minimum absolute atomic E-state index is 0.0897. The van der Waals surface area contributed by atoms with Gasteiger partial charge in [0, 0.05) is 6.20 Å². The highest BCUT2D eigenvalue weighted by Crippen LogP contribution is 2.24. The molecule has 0 aliphatic carbocycles. The quantitative estimate of drug-likeness (QED) is 0.607. The maximum Gasteiger partial charge on any atom is 0.354 e. The topological polar surface area (TPSA) is 86.2 Å². The maximum atomic E-state index is 10.6. The van der Waals surface area contributed by atoms with Crippen molar-refractivity contribution in [3.8, 4) is 5.88 Å². The Bertz CT molecular complexity index is 475. The van der Waals surface area contributed by atoms with Gasteiger partial charge in [0.15, 0.2) is 11.6 Å². The van der Waals surface area contributed by atoms with Crippen LogP contribution in [0.25, 0.3) is 10.9 Å². The Balaban J connectivity index is 2.85. The Morgan fingerprint density at radius 2 is 2.31 bits per heavy atom. The van der Waals surface area contributed by atoms with Crippen molar-refractivity contribution in [2.45, 2.75) is 0 Å². The number of aromatic hydroxyl groups is 1. The number of nitrogens with zero attached hydrogens (tertiary/aromatic N) is 1. The zero-order chi connectivity index (χ0) is 9.42. The average Bonchev–Trinajstić information content (AvgIpc) is 2.45. The first-order valence-corrected chi connectivity index (χ1v) is 3.59. The lowest BCUT2D eigenvalue weighted by atomic mass is 10.3. The molecule has 2 aromatic rings. The van der Waals surface area contributed by atoms with E-state index >= 15 is 0 Å². The van der Waals surface area contributed by atoms with Crippen LogP contribution in [0.15, 0.2) is 18.3 Å². The number of fused-ring (bicyclic) bond motifs is 1. The number of carboxylic acid groups (broad SMARTS) is 1. The zero-order valence-corrected chi connectivity index (χ0v) is 6.48. The van der Waals surface area contributed by atoms with Gasteiger partial charge in [0.25, 0.3) is 0 Å². The molecular formula is C8H6N2O3. The summed E-state index contributed by atoms with van der Waals surface area (Å²) in [5.41, 5.74) is 0.181. The molecule has 0 aromatic carbocycles. The molecule has 0 amide bonds. The highest BCUT2D eigenvalue weighted by atomic mass is 16.4. The molecule has 0 saturated heterocycles. The summed E-state index contributed by atoms with van der Waals surface area (Å²) < 4.78 is 0. The van der Waals surface area contributed by atoms with Gasteiger partial charge in [0.2, 0.25) is 0 Å². The second-order valence-corrected chi connectivity index (χ2v) is 2.55. The molecule has 2 aromatic heterocycles. The number of H-pyrrole nitrogens is 1. The number of rotatable bonds is 1. The predicted molar refractivity (Wildman–Crippen MR) is 44.7 cm³/mol. The third-order valence-electron chi connectivity index (χ3n) is 1.76. The third kappa shape index (κ3) is 1.01. The summed E-state index contributed by atoms with van der Waals surface area (Å²) in [5, 5.41) is 18.4. The Hall–Kier alpha value is -2.04. The van der Waals surface area contributed by atoms with Crippen molar-refractivity contribution in [1.29, 1.82) is 0 Å². The van der Waals surface area contributed by atoms with Gasteiger partial charge in [-0.2, -0.15) is 0 Å². The summed E-state index contributed by atoms with van der Waals surface area (Å²) in [4.78, 5) is 16.8. The van der Waals surface area contributed by atoms with Crippen LogP contribution < -0.4 is 0 Å².